The van der Waals surface area contributed by atoms with Crippen molar-refractivity contribution in [2.45, 2.75) is 26.4 Å². The zero-order valence-corrected chi connectivity index (χ0v) is 11.8. The Morgan fingerprint density at radius 3 is 2.55 bits per heavy atom. The van der Waals surface area contributed by atoms with Crippen molar-refractivity contribution in [1.82, 2.24) is 9.78 Å². The summed E-state index contributed by atoms with van der Waals surface area (Å²) in [5, 5.41) is 4.78. The number of hydrogen-bond donors (Lipinski definition) is 0. The maximum atomic E-state index is 11.9. The predicted molar refractivity (Wildman–Crippen MR) is 72.7 cm³/mol. The average Bonchev–Trinajstić information content (AvgIpc) is 2.78. The Hall–Kier alpha value is -2.37. The molecule has 106 valence electrons. The molecule has 0 N–H and O–H groups in total. The number of methoxy groups -OCH3 is 1. The van der Waals surface area contributed by atoms with Gasteiger partial charge in [0.2, 0.25) is 0 Å². The first-order valence-corrected chi connectivity index (χ1v) is 6.11. The molecule has 2 aromatic rings. The van der Waals surface area contributed by atoms with Crippen molar-refractivity contribution in [1.29, 1.82) is 0 Å². The molecule has 0 aliphatic rings. The second-order valence-corrected chi connectivity index (χ2v) is 5.32. The lowest BCUT2D eigenvalue weighted by Crippen LogP contribution is -2.27. The number of carbonyl (C=O) groups is 2. The number of ether oxygens (including phenoxy) is 2. The van der Waals surface area contributed by atoms with Crippen LogP contribution in [-0.2, 0) is 9.47 Å². The first-order valence-electron chi connectivity index (χ1n) is 6.11. The largest absolute Gasteiger partial charge is 0.465 e. The van der Waals surface area contributed by atoms with Gasteiger partial charge < -0.3 is 9.47 Å². The Morgan fingerprint density at radius 1 is 1.25 bits per heavy atom. The zero-order chi connectivity index (χ0) is 14.9. The van der Waals surface area contributed by atoms with E-state index in [4.69, 9.17) is 4.74 Å². The molecule has 0 atom stereocenters. The van der Waals surface area contributed by atoms with Crippen LogP contribution in [0.25, 0.3) is 10.9 Å². The molecule has 6 heteroatoms. The highest BCUT2D eigenvalue weighted by Gasteiger charge is 2.19. The molecule has 0 spiro atoms. The monoisotopic (exact) mass is 276 g/mol. The average molecular weight is 276 g/mol. The van der Waals surface area contributed by atoms with Crippen molar-refractivity contribution >= 4 is 23.0 Å². The fourth-order valence-electron chi connectivity index (χ4n) is 1.67. The van der Waals surface area contributed by atoms with E-state index in [-0.39, 0.29) is 0 Å². The van der Waals surface area contributed by atoms with Crippen LogP contribution in [0.5, 0.6) is 0 Å². The highest BCUT2D eigenvalue weighted by atomic mass is 16.6. The Bertz CT molecular complexity index is 667. The van der Waals surface area contributed by atoms with Gasteiger partial charge in [-0.3, -0.25) is 0 Å². The van der Waals surface area contributed by atoms with E-state index in [1.807, 2.05) is 0 Å². The Kier molecular flexibility index (Phi) is 3.48. The first kappa shape index (κ1) is 14.0. The quantitative estimate of drug-likeness (QED) is 0.749. The van der Waals surface area contributed by atoms with Gasteiger partial charge in [0, 0.05) is 11.6 Å². The van der Waals surface area contributed by atoms with E-state index >= 15 is 0 Å². The first-order chi connectivity index (χ1) is 9.30. The Balaban J connectivity index is 2.34. The smallest absolute Gasteiger partial charge is 0.435 e. The molecule has 2 rings (SSSR count). The van der Waals surface area contributed by atoms with Crippen LogP contribution in [0.2, 0.25) is 0 Å². The zero-order valence-electron chi connectivity index (χ0n) is 11.8. The summed E-state index contributed by atoms with van der Waals surface area (Å²) in [7, 11) is 1.32. The van der Waals surface area contributed by atoms with Crippen LogP contribution in [0.3, 0.4) is 0 Å². The van der Waals surface area contributed by atoms with E-state index in [9.17, 15) is 9.59 Å². The summed E-state index contributed by atoms with van der Waals surface area (Å²) in [6.45, 7) is 5.34. The predicted octanol–water partition coefficient (Wildman–Crippen LogP) is 2.61. The molecule has 0 fully saturated rings. The summed E-state index contributed by atoms with van der Waals surface area (Å²) < 4.78 is 11.0. The van der Waals surface area contributed by atoms with E-state index in [0.717, 1.165) is 4.68 Å². The van der Waals surface area contributed by atoms with Crippen molar-refractivity contribution in [3.63, 3.8) is 0 Å². The van der Waals surface area contributed by atoms with Crippen LogP contribution in [0.15, 0.2) is 24.4 Å². The van der Waals surface area contributed by atoms with Crippen molar-refractivity contribution in [3.05, 3.63) is 30.0 Å². The molecular formula is C14H16N2O4. The van der Waals surface area contributed by atoms with Crippen molar-refractivity contribution in [3.8, 4) is 0 Å². The number of fused-ring (bicyclic) bond motifs is 1. The van der Waals surface area contributed by atoms with Gasteiger partial charge in [0.05, 0.1) is 18.2 Å². The summed E-state index contributed by atoms with van der Waals surface area (Å²) in [5.41, 5.74) is 0.416. The third-order valence-electron chi connectivity index (χ3n) is 2.51. The van der Waals surface area contributed by atoms with Crippen LogP contribution in [-0.4, -0.2) is 34.6 Å². The molecule has 0 saturated carbocycles. The topological polar surface area (TPSA) is 70.4 Å². The number of nitrogens with zero attached hydrogens (tertiary/aromatic N) is 2. The summed E-state index contributed by atoms with van der Waals surface area (Å²) >= 11 is 0. The van der Waals surface area contributed by atoms with Gasteiger partial charge in [0.1, 0.15) is 5.60 Å². The molecule has 0 saturated heterocycles. The molecule has 0 bridgehead atoms. The third kappa shape index (κ3) is 2.96. The molecule has 0 amide bonds. The second kappa shape index (κ2) is 4.96. The summed E-state index contributed by atoms with van der Waals surface area (Å²) in [5.74, 6) is -0.433. The highest BCUT2D eigenvalue weighted by molar-refractivity contribution is 5.94. The van der Waals surface area contributed by atoms with Crippen LogP contribution >= 0.6 is 0 Å². The molecule has 0 aliphatic carbocycles. The minimum Gasteiger partial charge on any atom is -0.465 e. The SMILES string of the molecule is COC(=O)c1ccc2nn(C(=O)OC(C)(C)C)cc2c1. The van der Waals surface area contributed by atoms with Gasteiger partial charge in [-0.25, -0.2) is 9.59 Å². The summed E-state index contributed by atoms with van der Waals surface area (Å²) in [6, 6.07) is 4.87. The van der Waals surface area contributed by atoms with Gasteiger partial charge in [-0.05, 0) is 39.0 Å². The molecule has 20 heavy (non-hydrogen) atoms. The highest BCUT2D eigenvalue weighted by Crippen LogP contribution is 2.16. The number of esters is 1. The minimum absolute atomic E-state index is 0.406. The summed E-state index contributed by atoms with van der Waals surface area (Å²) in [4.78, 5) is 23.3. The van der Waals surface area contributed by atoms with Gasteiger partial charge >= 0.3 is 12.1 Å². The fourth-order valence-corrected chi connectivity index (χ4v) is 1.67. The van der Waals surface area contributed by atoms with E-state index in [1.54, 1.807) is 39.0 Å². The van der Waals surface area contributed by atoms with E-state index in [1.165, 1.54) is 13.3 Å². The number of rotatable bonds is 1. The Labute approximate surface area is 116 Å². The van der Waals surface area contributed by atoms with E-state index in [0.29, 0.717) is 16.5 Å². The lowest BCUT2D eigenvalue weighted by molar-refractivity contribution is 0.0514. The standard InChI is InChI=1S/C14H16N2O4/c1-14(2,3)20-13(18)16-8-10-7-9(12(17)19-4)5-6-11(10)15-16/h5-8H,1-4H3. The lowest BCUT2D eigenvalue weighted by Gasteiger charge is -2.18. The van der Waals surface area contributed by atoms with Gasteiger partial charge in [-0.15, -0.1) is 0 Å². The molecule has 6 nitrogen and oxygen atoms in total. The lowest BCUT2D eigenvalue weighted by atomic mass is 10.2. The van der Waals surface area contributed by atoms with Crippen LogP contribution in [0, 0.1) is 0 Å². The van der Waals surface area contributed by atoms with E-state index < -0.39 is 17.7 Å². The molecule has 1 aromatic heterocycles. The van der Waals surface area contributed by atoms with Crippen LogP contribution in [0.1, 0.15) is 31.1 Å². The number of aromatic nitrogens is 2. The molecule has 1 heterocycles. The second-order valence-electron chi connectivity index (χ2n) is 5.32. The minimum atomic E-state index is -0.591. The Morgan fingerprint density at radius 2 is 1.95 bits per heavy atom. The van der Waals surface area contributed by atoms with Crippen molar-refractivity contribution in [2.24, 2.45) is 0 Å². The molecule has 0 radical (unpaired) electrons. The van der Waals surface area contributed by atoms with Gasteiger partial charge in [-0.1, -0.05) is 0 Å². The van der Waals surface area contributed by atoms with Crippen molar-refractivity contribution < 1.29 is 19.1 Å². The molecule has 0 aliphatic heterocycles. The number of carbonyl (C=O) groups excluding carboxylic acids is 2. The number of hydrogen-bond acceptors (Lipinski definition) is 5. The molecule has 0 unspecified atom stereocenters. The van der Waals surface area contributed by atoms with Gasteiger partial charge in [0.15, 0.2) is 0 Å². The van der Waals surface area contributed by atoms with Gasteiger partial charge in [0.25, 0.3) is 0 Å². The third-order valence-corrected chi connectivity index (χ3v) is 2.51. The fraction of sp³-hybridized carbons (Fsp3) is 0.357. The maximum Gasteiger partial charge on any atom is 0.435 e. The van der Waals surface area contributed by atoms with Crippen LogP contribution in [0.4, 0.5) is 4.79 Å². The maximum absolute atomic E-state index is 11.9. The summed E-state index contributed by atoms with van der Waals surface area (Å²) in [6.07, 6.45) is 0.962. The van der Waals surface area contributed by atoms with E-state index in [2.05, 4.69) is 9.84 Å². The molecular weight excluding hydrogens is 260 g/mol. The van der Waals surface area contributed by atoms with Crippen LogP contribution < -0.4 is 0 Å². The molecule has 1 aromatic carbocycles. The van der Waals surface area contributed by atoms with Gasteiger partial charge in [-0.2, -0.15) is 9.78 Å². The normalized spacial score (nSPS) is 11.4. The number of benzene rings is 1. The van der Waals surface area contributed by atoms with Crippen molar-refractivity contribution in [2.75, 3.05) is 7.11 Å².